The second-order valence-corrected chi connectivity index (χ2v) is 4.91. The molecule has 4 heteroatoms. The average molecular weight is 264 g/mol. The number of benzene rings is 1. The topological polar surface area (TPSA) is 26.3 Å². The Morgan fingerprint density at radius 2 is 2.06 bits per heavy atom. The fourth-order valence-corrected chi connectivity index (χ4v) is 2.88. The van der Waals surface area contributed by atoms with Crippen molar-refractivity contribution in [3.05, 3.63) is 45.4 Å². The molecule has 0 saturated carbocycles. The first-order chi connectivity index (χ1) is 8.56. The lowest BCUT2D eigenvalue weighted by Gasteiger charge is -2.08. The number of methoxy groups -OCH3 is 1. The zero-order valence-corrected chi connectivity index (χ0v) is 11.2. The summed E-state index contributed by atoms with van der Waals surface area (Å²) in [5.74, 6) is -0.652. The van der Waals surface area contributed by atoms with E-state index < -0.39 is 0 Å². The van der Waals surface area contributed by atoms with E-state index in [0.717, 1.165) is 16.7 Å². The molecule has 94 valence electrons. The van der Waals surface area contributed by atoms with E-state index in [4.69, 9.17) is 4.74 Å². The lowest BCUT2D eigenvalue weighted by Crippen LogP contribution is -2.01. The summed E-state index contributed by atoms with van der Waals surface area (Å²) >= 11 is 1.32. The molecular formula is C14H13FO2S. The summed E-state index contributed by atoms with van der Waals surface area (Å²) in [7, 11) is 1.35. The molecule has 0 spiro atoms. The lowest BCUT2D eigenvalue weighted by molar-refractivity contribution is 0.0607. The highest BCUT2D eigenvalue weighted by Gasteiger charge is 2.20. The van der Waals surface area contributed by atoms with E-state index in [9.17, 15) is 9.18 Å². The Morgan fingerprint density at radius 3 is 2.72 bits per heavy atom. The fraction of sp³-hybridized carbons (Fsp3) is 0.214. The molecular weight excluding hydrogens is 251 g/mol. The third kappa shape index (κ3) is 2.04. The number of hydrogen-bond acceptors (Lipinski definition) is 3. The van der Waals surface area contributed by atoms with Crippen molar-refractivity contribution in [2.24, 2.45) is 0 Å². The van der Waals surface area contributed by atoms with E-state index in [2.05, 4.69) is 0 Å². The quantitative estimate of drug-likeness (QED) is 0.767. The van der Waals surface area contributed by atoms with Crippen LogP contribution in [-0.4, -0.2) is 13.1 Å². The predicted octanol–water partition coefficient (Wildman–Crippen LogP) is 3.96. The number of hydrogen-bond donors (Lipinski definition) is 0. The molecule has 2 rings (SSSR count). The molecule has 0 aliphatic rings. The number of ether oxygens (including phenoxy) is 1. The summed E-state index contributed by atoms with van der Waals surface area (Å²) < 4.78 is 18.4. The minimum Gasteiger partial charge on any atom is -0.465 e. The number of halogens is 1. The van der Waals surface area contributed by atoms with Gasteiger partial charge in [-0.25, -0.2) is 9.18 Å². The minimum absolute atomic E-state index is 0.270. The van der Waals surface area contributed by atoms with Crippen LogP contribution in [0, 0.1) is 19.7 Å². The Kier molecular flexibility index (Phi) is 3.48. The SMILES string of the molecule is COC(=O)c1scc(C)c1-c1cccc(F)c1C. The number of aryl methyl sites for hydroxylation is 1. The van der Waals surface area contributed by atoms with Gasteiger partial charge in [-0.05, 0) is 42.0 Å². The van der Waals surface area contributed by atoms with Gasteiger partial charge in [-0.3, -0.25) is 0 Å². The standard InChI is InChI=1S/C14H13FO2S/c1-8-7-18-13(14(16)17-3)12(8)10-5-4-6-11(15)9(10)2/h4-7H,1-3H3. The number of esters is 1. The highest BCUT2D eigenvalue weighted by Crippen LogP contribution is 2.35. The second kappa shape index (κ2) is 4.90. The van der Waals surface area contributed by atoms with Gasteiger partial charge in [0.2, 0.25) is 0 Å². The first kappa shape index (κ1) is 12.8. The molecule has 0 bridgehead atoms. The zero-order valence-electron chi connectivity index (χ0n) is 10.4. The maximum absolute atomic E-state index is 13.6. The summed E-state index contributed by atoms with van der Waals surface area (Å²) in [6.45, 7) is 3.62. The Bertz CT molecular complexity index is 602. The average Bonchev–Trinajstić information content (AvgIpc) is 2.74. The van der Waals surface area contributed by atoms with Crippen molar-refractivity contribution in [1.29, 1.82) is 0 Å². The lowest BCUT2D eigenvalue weighted by atomic mass is 9.97. The molecule has 0 saturated heterocycles. The van der Waals surface area contributed by atoms with E-state index in [1.807, 2.05) is 18.4 Å². The highest BCUT2D eigenvalue weighted by molar-refractivity contribution is 7.12. The van der Waals surface area contributed by atoms with Gasteiger partial charge in [0.1, 0.15) is 10.7 Å². The van der Waals surface area contributed by atoms with Crippen molar-refractivity contribution in [1.82, 2.24) is 0 Å². The van der Waals surface area contributed by atoms with Crippen LogP contribution in [0.5, 0.6) is 0 Å². The molecule has 0 aliphatic carbocycles. The fourth-order valence-electron chi connectivity index (χ4n) is 1.90. The molecule has 0 unspecified atom stereocenters. The number of rotatable bonds is 2. The molecule has 1 aromatic carbocycles. The Morgan fingerprint density at radius 1 is 1.33 bits per heavy atom. The second-order valence-electron chi connectivity index (χ2n) is 4.03. The van der Waals surface area contributed by atoms with Crippen molar-refractivity contribution in [2.75, 3.05) is 7.11 Å². The molecule has 1 aromatic heterocycles. The smallest absolute Gasteiger partial charge is 0.348 e. The first-order valence-corrected chi connectivity index (χ1v) is 6.36. The van der Waals surface area contributed by atoms with Crippen LogP contribution >= 0.6 is 11.3 Å². The molecule has 0 fully saturated rings. The van der Waals surface area contributed by atoms with E-state index >= 15 is 0 Å². The Labute approximate surface area is 109 Å². The van der Waals surface area contributed by atoms with Crippen LogP contribution < -0.4 is 0 Å². The van der Waals surface area contributed by atoms with Crippen molar-refractivity contribution in [3.8, 4) is 11.1 Å². The van der Waals surface area contributed by atoms with Crippen LogP contribution in [-0.2, 0) is 4.74 Å². The molecule has 2 nitrogen and oxygen atoms in total. The highest BCUT2D eigenvalue weighted by atomic mass is 32.1. The van der Waals surface area contributed by atoms with E-state index in [0.29, 0.717) is 10.4 Å². The number of thiophene rings is 1. The van der Waals surface area contributed by atoms with Crippen LogP contribution in [0.2, 0.25) is 0 Å². The number of carbonyl (C=O) groups is 1. The molecule has 0 amide bonds. The summed E-state index contributed by atoms with van der Waals surface area (Å²) in [6.07, 6.45) is 0. The minimum atomic E-state index is -0.383. The van der Waals surface area contributed by atoms with Gasteiger partial charge in [-0.1, -0.05) is 12.1 Å². The van der Waals surface area contributed by atoms with Gasteiger partial charge in [0.05, 0.1) is 7.11 Å². The largest absolute Gasteiger partial charge is 0.465 e. The molecule has 1 heterocycles. The molecule has 0 radical (unpaired) electrons. The third-order valence-electron chi connectivity index (χ3n) is 2.88. The Balaban J connectivity index is 2.67. The van der Waals surface area contributed by atoms with Crippen LogP contribution in [0.15, 0.2) is 23.6 Å². The molecule has 2 aromatic rings. The van der Waals surface area contributed by atoms with Gasteiger partial charge in [0.25, 0.3) is 0 Å². The van der Waals surface area contributed by atoms with Crippen molar-refractivity contribution < 1.29 is 13.9 Å². The first-order valence-electron chi connectivity index (χ1n) is 5.48. The van der Waals surface area contributed by atoms with Crippen LogP contribution in [0.3, 0.4) is 0 Å². The van der Waals surface area contributed by atoms with Gasteiger partial charge in [0.15, 0.2) is 0 Å². The van der Waals surface area contributed by atoms with Crippen molar-refractivity contribution in [2.45, 2.75) is 13.8 Å². The van der Waals surface area contributed by atoms with Crippen LogP contribution in [0.1, 0.15) is 20.8 Å². The summed E-state index contributed by atoms with van der Waals surface area (Å²) in [5, 5.41) is 1.88. The van der Waals surface area contributed by atoms with Gasteiger partial charge in [0, 0.05) is 5.56 Å². The molecule has 0 N–H and O–H groups in total. The zero-order chi connectivity index (χ0) is 13.3. The van der Waals surface area contributed by atoms with Gasteiger partial charge < -0.3 is 4.74 Å². The maximum atomic E-state index is 13.6. The maximum Gasteiger partial charge on any atom is 0.348 e. The Hall–Kier alpha value is -1.68. The van der Waals surface area contributed by atoms with E-state index in [1.54, 1.807) is 13.0 Å². The van der Waals surface area contributed by atoms with Crippen LogP contribution in [0.4, 0.5) is 4.39 Å². The van der Waals surface area contributed by atoms with E-state index in [1.165, 1.54) is 24.5 Å². The van der Waals surface area contributed by atoms with Gasteiger partial charge in [-0.2, -0.15) is 0 Å². The van der Waals surface area contributed by atoms with Gasteiger partial charge >= 0.3 is 5.97 Å². The van der Waals surface area contributed by atoms with Crippen molar-refractivity contribution in [3.63, 3.8) is 0 Å². The molecule has 0 aliphatic heterocycles. The normalized spacial score (nSPS) is 10.4. The monoisotopic (exact) mass is 264 g/mol. The van der Waals surface area contributed by atoms with Crippen molar-refractivity contribution >= 4 is 17.3 Å². The van der Waals surface area contributed by atoms with Gasteiger partial charge in [-0.15, -0.1) is 11.3 Å². The summed E-state index contributed by atoms with van der Waals surface area (Å²) in [4.78, 5) is 12.2. The third-order valence-corrected chi connectivity index (χ3v) is 3.96. The summed E-state index contributed by atoms with van der Waals surface area (Å²) in [5.41, 5.74) is 3.01. The predicted molar refractivity (Wildman–Crippen MR) is 70.5 cm³/mol. The van der Waals surface area contributed by atoms with Crippen LogP contribution in [0.25, 0.3) is 11.1 Å². The number of carbonyl (C=O) groups excluding carboxylic acids is 1. The van der Waals surface area contributed by atoms with E-state index in [-0.39, 0.29) is 11.8 Å². The molecule has 0 atom stereocenters. The summed E-state index contributed by atoms with van der Waals surface area (Å²) in [6, 6.07) is 4.88. The molecule has 18 heavy (non-hydrogen) atoms.